The van der Waals surface area contributed by atoms with E-state index in [1.54, 1.807) is 6.21 Å². The summed E-state index contributed by atoms with van der Waals surface area (Å²) in [6, 6.07) is 9.99. The predicted octanol–water partition coefficient (Wildman–Crippen LogP) is 2.04. The van der Waals surface area contributed by atoms with Crippen molar-refractivity contribution in [2.45, 2.75) is 12.8 Å². The van der Waals surface area contributed by atoms with Gasteiger partial charge in [-0.3, -0.25) is 0 Å². The number of oxime groups is 1. The molecule has 3 nitrogen and oxygen atoms in total. The van der Waals surface area contributed by atoms with Crippen LogP contribution in [-0.2, 0) is 4.84 Å². The van der Waals surface area contributed by atoms with Gasteiger partial charge in [0.15, 0.2) is 0 Å². The van der Waals surface area contributed by atoms with E-state index in [9.17, 15) is 0 Å². The highest BCUT2D eigenvalue weighted by Gasteiger charge is 2.12. The maximum Gasteiger partial charge on any atom is 0.121 e. The summed E-state index contributed by atoms with van der Waals surface area (Å²) in [4.78, 5) is 5.31. The molecule has 1 aliphatic rings. The van der Waals surface area contributed by atoms with Crippen LogP contribution in [0.1, 0.15) is 18.4 Å². The highest BCUT2D eigenvalue weighted by atomic mass is 16.6. The molecule has 0 amide bonds. The summed E-state index contributed by atoms with van der Waals surface area (Å²) in [6.07, 6.45) is 4.25. The Labute approximate surface area is 96.5 Å². The lowest BCUT2D eigenvalue weighted by molar-refractivity contribution is 0.0978. The van der Waals surface area contributed by atoms with Crippen molar-refractivity contribution < 1.29 is 4.84 Å². The third-order valence-corrected chi connectivity index (χ3v) is 2.79. The summed E-state index contributed by atoms with van der Waals surface area (Å²) in [5.74, 6) is 0.613. The number of rotatable bonds is 4. The molecule has 1 N–H and O–H groups in total. The van der Waals surface area contributed by atoms with E-state index in [1.165, 1.54) is 12.8 Å². The zero-order chi connectivity index (χ0) is 11.1. The first-order valence-electron chi connectivity index (χ1n) is 5.86. The molecule has 0 saturated carbocycles. The van der Waals surface area contributed by atoms with Gasteiger partial charge in [-0.1, -0.05) is 35.5 Å². The van der Waals surface area contributed by atoms with E-state index < -0.39 is 0 Å². The average Bonchev–Trinajstić information content (AvgIpc) is 2.37. The molecule has 0 spiro atoms. The van der Waals surface area contributed by atoms with Gasteiger partial charge in [-0.25, -0.2) is 0 Å². The van der Waals surface area contributed by atoms with E-state index >= 15 is 0 Å². The van der Waals surface area contributed by atoms with Gasteiger partial charge in [-0.05, 0) is 24.9 Å². The molecular formula is C13H18N2O. The van der Waals surface area contributed by atoms with Gasteiger partial charge < -0.3 is 10.2 Å². The van der Waals surface area contributed by atoms with Crippen molar-refractivity contribution >= 4 is 6.21 Å². The number of nitrogens with one attached hydrogen (secondary N) is 1. The second-order valence-electron chi connectivity index (χ2n) is 4.15. The predicted molar refractivity (Wildman–Crippen MR) is 65.6 cm³/mol. The van der Waals surface area contributed by atoms with Crippen LogP contribution in [0.25, 0.3) is 0 Å². The molecule has 0 aromatic heterocycles. The smallest absolute Gasteiger partial charge is 0.121 e. The molecule has 16 heavy (non-hydrogen) atoms. The molecule has 1 aromatic carbocycles. The van der Waals surface area contributed by atoms with Crippen LogP contribution in [0.3, 0.4) is 0 Å². The topological polar surface area (TPSA) is 33.6 Å². The summed E-state index contributed by atoms with van der Waals surface area (Å²) in [7, 11) is 0. The maximum absolute atomic E-state index is 5.31. The van der Waals surface area contributed by atoms with E-state index in [2.05, 4.69) is 10.5 Å². The van der Waals surface area contributed by atoms with Gasteiger partial charge in [0.25, 0.3) is 0 Å². The third kappa shape index (κ3) is 3.66. The van der Waals surface area contributed by atoms with Gasteiger partial charge in [-0.15, -0.1) is 0 Å². The average molecular weight is 218 g/mol. The van der Waals surface area contributed by atoms with E-state index in [0.717, 1.165) is 25.3 Å². The second-order valence-corrected chi connectivity index (χ2v) is 4.15. The molecule has 1 atom stereocenters. The van der Waals surface area contributed by atoms with Gasteiger partial charge in [0.2, 0.25) is 0 Å². The zero-order valence-corrected chi connectivity index (χ0v) is 9.43. The van der Waals surface area contributed by atoms with Crippen molar-refractivity contribution in [2.75, 3.05) is 19.7 Å². The Kier molecular flexibility index (Phi) is 4.37. The fraction of sp³-hybridized carbons (Fsp3) is 0.462. The molecule has 2 rings (SSSR count). The first-order valence-corrected chi connectivity index (χ1v) is 5.86. The van der Waals surface area contributed by atoms with Crippen LogP contribution in [0.5, 0.6) is 0 Å². The van der Waals surface area contributed by atoms with E-state index in [0.29, 0.717) is 5.92 Å². The molecule has 0 bridgehead atoms. The Morgan fingerprint density at radius 2 is 2.25 bits per heavy atom. The Morgan fingerprint density at radius 1 is 1.38 bits per heavy atom. The summed E-state index contributed by atoms with van der Waals surface area (Å²) >= 11 is 0. The molecule has 1 heterocycles. The third-order valence-electron chi connectivity index (χ3n) is 2.79. The fourth-order valence-corrected chi connectivity index (χ4v) is 1.85. The Morgan fingerprint density at radius 3 is 3.00 bits per heavy atom. The van der Waals surface area contributed by atoms with Crippen LogP contribution in [-0.4, -0.2) is 25.9 Å². The number of benzene rings is 1. The highest BCUT2D eigenvalue weighted by molar-refractivity contribution is 5.78. The zero-order valence-electron chi connectivity index (χ0n) is 9.43. The van der Waals surface area contributed by atoms with Crippen LogP contribution >= 0.6 is 0 Å². The Hall–Kier alpha value is -1.35. The van der Waals surface area contributed by atoms with Crippen molar-refractivity contribution in [3.05, 3.63) is 35.9 Å². The van der Waals surface area contributed by atoms with Crippen molar-refractivity contribution in [1.29, 1.82) is 0 Å². The minimum absolute atomic E-state index is 0.613. The Balaban J connectivity index is 1.69. The first kappa shape index (κ1) is 11.1. The molecule has 1 fully saturated rings. The molecule has 1 unspecified atom stereocenters. The molecular weight excluding hydrogens is 200 g/mol. The van der Waals surface area contributed by atoms with Crippen LogP contribution in [0.2, 0.25) is 0 Å². The van der Waals surface area contributed by atoms with Crippen LogP contribution < -0.4 is 5.32 Å². The molecule has 86 valence electrons. The summed E-state index contributed by atoms with van der Waals surface area (Å²) in [6.45, 7) is 2.92. The van der Waals surface area contributed by atoms with Crippen LogP contribution in [0.4, 0.5) is 0 Å². The first-order chi connectivity index (χ1) is 7.95. The van der Waals surface area contributed by atoms with Gasteiger partial charge in [-0.2, -0.15) is 0 Å². The normalized spacial score (nSPS) is 21.1. The monoisotopic (exact) mass is 218 g/mol. The van der Waals surface area contributed by atoms with Crippen molar-refractivity contribution in [3.63, 3.8) is 0 Å². The van der Waals surface area contributed by atoms with Gasteiger partial charge >= 0.3 is 0 Å². The largest absolute Gasteiger partial charge is 0.395 e. The number of nitrogens with zero attached hydrogens (tertiary/aromatic N) is 1. The van der Waals surface area contributed by atoms with Gasteiger partial charge in [0.05, 0.1) is 6.21 Å². The van der Waals surface area contributed by atoms with Crippen LogP contribution in [0, 0.1) is 5.92 Å². The maximum atomic E-state index is 5.31. The van der Waals surface area contributed by atoms with Crippen LogP contribution in [0.15, 0.2) is 35.5 Å². The van der Waals surface area contributed by atoms with E-state index in [4.69, 9.17) is 4.84 Å². The van der Waals surface area contributed by atoms with E-state index in [1.807, 2.05) is 30.3 Å². The highest BCUT2D eigenvalue weighted by Crippen LogP contribution is 2.09. The Bertz CT molecular complexity index is 318. The molecule has 0 aliphatic carbocycles. The minimum atomic E-state index is 0.613. The minimum Gasteiger partial charge on any atom is -0.395 e. The summed E-state index contributed by atoms with van der Waals surface area (Å²) < 4.78 is 0. The molecule has 1 saturated heterocycles. The fourth-order valence-electron chi connectivity index (χ4n) is 1.85. The molecule has 1 aromatic rings. The van der Waals surface area contributed by atoms with Crippen molar-refractivity contribution in [1.82, 2.24) is 5.32 Å². The molecule has 0 radical (unpaired) electrons. The SMILES string of the molecule is C(=N\OCC1CCCNC1)/c1ccccc1. The lowest BCUT2D eigenvalue weighted by atomic mass is 10.0. The summed E-state index contributed by atoms with van der Waals surface area (Å²) in [5, 5.41) is 7.34. The number of piperidine rings is 1. The van der Waals surface area contributed by atoms with Crippen molar-refractivity contribution in [3.8, 4) is 0 Å². The van der Waals surface area contributed by atoms with Gasteiger partial charge in [0.1, 0.15) is 6.61 Å². The molecule has 3 heteroatoms. The quantitative estimate of drug-likeness (QED) is 0.619. The van der Waals surface area contributed by atoms with Gasteiger partial charge in [0, 0.05) is 12.5 Å². The molecule has 1 aliphatic heterocycles. The lowest BCUT2D eigenvalue weighted by Crippen LogP contribution is -2.31. The number of hydrogen-bond donors (Lipinski definition) is 1. The summed E-state index contributed by atoms with van der Waals surface area (Å²) in [5.41, 5.74) is 1.07. The lowest BCUT2D eigenvalue weighted by Gasteiger charge is -2.20. The number of hydrogen-bond acceptors (Lipinski definition) is 3. The second kappa shape index (κ2) is 6.28. The van der Waals surface area contributed by atoms with E-state index in [-0.39, 0.29) is 0 Å². The standard InChI is InChI=1S/C13H18N2O/c1-2-5-12(6-3-1)10-15-16-11-13-7-4-8-14-9-13/h1-3,5-6,10,13-14H,4,7-9,11H2/b15-10+. The van der Waals surface area contributed by atoms with Crippen molar-refractivity contribution in [2.24, 2.45) is 11.1 Å².